The van der Waals surface area contributed by atoms with Crippen LogP contribution in [0.1, 0.15) is 24.8 Å². The van der Waals surface area contributed by atoms with Gasteiger partial charge in [-0.05, 0) is 31.0 Å². The number of ether oxygens (including phenoxy) is 1. The number of aliphatic imine (C=N–C) groups is 1. The summed E-state index contributed by atoms with van der Waals surface area (Å²) in [6.07, 6.45) is 0.877. The molecule has 1 fully saturated rings. The molecule has 0 saturated heterocycles. The quantitative estimate of drug-likeness (QED) is 0.648. The average molecular weight is 300 g/mol. The van der Waals surface area contributed by atoms with E-state index < -0.39 is 5.82 Å². The molecule has 20 heavy (non-hydrogen) atoms. The van der Waals surface area contributed by atoms with Crippen LogP contribution in [0.3, 0.4) is 0 Å². The van der Waals surface area contributed by atoms with E-state index in [0.29, 0.717) is 12.6 Å². The van der Waals surface area contributed by atoms with E-state index in [1.807, 2.05) is 13.0 Å². The molecule has 1 aromatic rings. The summed E-state index contributed by atoms with van der Waals surface area (Å²) in [6.45, 7) is 2.53. The second-order valence-corrected chi connectivity index (χ2v) is 5.51. The molecule has 0 aromatic heterocycles. The molecule has 0 radical (unpaired) electrons. The largest absolute Gasteiger partial charge is 0.383 e. The lowest BCUT2D eigenvalue weighted by Crippen LogP contribution is -2.40. The van der Waals surface area contributed by atoms with Crippen molar-refractivity contribution in [1.29, 1.82) is 0 Å². The molecule has 1 aromatic carbocycles. The van der Waals surface area contributed by atoms with Crippen molar-refractivity contribution in [2.24, 2.45) is 10.7 Å². The summed E-state index contributed by atoms with van der Waals surface area (Å²) < 4.78 is 18.4. The molecule has 1 unspecified atom stereocenters. The van der Waals surface area contributed by atoms with Crippen LogP contribution >= 0.6 is 11.6 Å². The van der Waals surface area contributed by atoms with Gasteiger partial charge in [-0.15, -0.1) is 0 Å². The number of hydrogen-bond acceptors (Lipinski definition) is 2. The van der Waals surface area contributed by atoms with Crippen molar-refractivity contribution in [3.8, 4) is 0 Å². The van der Waals surface area contributed by atoms with Crippen LogP contribution in [0.4, 0.5) is 4.39 Å². The van der Waals surface area contributed by atoms with Crippen LogP contribution in [-0.2, 0) is 4.74 Å². The predicted molar refractivity (Wildman–Crippen MR) is 78.7 cm³/mol. The first-order valence-corrected chi connectivity index (χ1v) is 6.92. The molecule has 0 heterocycles. The van der Waals surface area contributed by atoms with Gasteiger partial charge in [-0.25, -0.2) is 9.38 Å². The van der Waals surface area contributed by atoms with E-state index in [2.05, 4.69) is 10.3 Å². The van der Waals surface area contributed by atoms with Gasteiger partial charge in [0.15, 0.2) is 5.96 Å². The average Bonchev–Trinajstić information content (AvgIpc) is 3.11. The van der Waals surface area contributed by atoms with E-state index in [-0.39, 0.29) is 23.0 Å². The first-order chi connectivity index (χ1) is 9.51. The lowest BCUT2D eigenvalue weighted by Gasteiger charge is -2.13. The van der Waals surface area contributed by atoms with Crippen LogP contribution in [0.25, 0.3) is 0 Å². The van der Waals surface area contributed by atoms with Gasteiger partial charge in [-0.2, -0.15) is 0 Å². The highest BCUT2D eigenvalue weighted by Crippen LogP contribution is 2.44. The molecule has 2 rings (SSSR count). The smallest absolute Gasteiger partial charge is 0.189 e. The highest BCUT2D eigenvalue weighted by molar-refractivity contribution is 6.30. The molecule has 0 bridgehead atoms. The Balaban J connectivity index is 1.92. The monoisotopic (exact) mass is 299 g/mol. The fourth-order valence-electron chi connectivity index (χ4n) is 2.19. The molecule has 3 N–H and O–H groups in total. The summed E-state index contributed by atoms with van der Waals surface area (Å²) in [5, 5.41) is 3.19. The van der Waals surface area contributed by atoms with Gasteiger partial charge in [0.25, 0.3) is 0 Å². The van der Waals surface area contributed by atoms with E-state index in [9.17, 15) is 4.39 Å². The molecule has 1 aliphatic rings. The maximum atomic E-state index is 13.4. The number of halogens is 2. The normalized spacial score (nSPS) is 23.5. The van der Waals surface area contributed by atoms with E-state index in [1.54, 1.807) is 13.2 Å². The SMILES string of the molecule is COCC(C)NC(N)=N[C@@H]1C[C@H]1c1ccc(Cl)c(F)c1. The molecular formula is C14H19ClFN3O. The van der Waals surface area contributed by atoms with Crippen molar-refractivity contribution >= 4 is 17.6 Å². The summed E-state index contributed by atoms with van der Waals surface area (Å²) in [4.78, 5) is 4.39. The maximum absolute atomic E-state index is 13.4. The van der Waals surface area contributed by atoms with Crippen LogP contribution in [0.15, 0.2) is 23.2 Å². The maximum Gasteiger partial charge on any atom is 0.189 e. The summed E-state index contributed by atoms with van der Waals surface area (Å²) in [6, 6.07) is 5.10. The van der Waals surface area contributed by atoms with Gasteiger partial charge < -0.3 is 15.8 Å². The molecule has 0 amide bonds. The Labute approximate surface area is 123 Å². The Morgan fingerprint density at radius 3 is 3.05 bits per heavy atom. The zero-order valence-electron chi connectivity index (χ0n) is 11.6. The van der Waals surface area contributed by atoms with Gasteiger partial charge in [0.05, 0.1) is 17.7 Å². The summed E-state index contributed by atoms with van der Waals surface area (Å²) >= 11 is 5.67. The van der Waals surface area contributed by atoms with Gasteiger partial charge in [0, 0.05) is 19.1 Å². The predicted octanol–water partition coefficient (Wildman–Crippen LogP) is 2.27. The number of nitrogens with one attached hydrogen (secondary N) is 1. The van der Waals surface area contributed by atoms with Crippen LogP contribution < -0.4 is 11.1 Å². The minimum absolute atomic E-state index is 0.105. The molecule has 6 heteroatoms. The number of hydrogen-bond donors (Lipinski definition) is 2. The Morgan fingerprint density at radius 1 is 1.65 bits per heavy atom. The number of guanidine groups is 1. The van der Waals surface area contributed by atoms with Crippen molar-refractivity contribution in [3.05, 3.63) is 34.6 Å². The number of rotatable bonds is 5. The molecule has 0 aliphatic heterocycles. The lowest BCUT2D eigenvalue weighted by molar-refractivity contribution is 0.179. The molecule has 3 atom stereocenters. The minimum Gasteiger partial charge on any atom is -0.383 e. The standard InChI is InChI=1S/C14H19ClFN3O/c1-8(7-20-2)18-14(17)19-13-6-10(13)9-3-4-11(15)12(16)5-9/h3-5,8,10,13H,6-7H2,1-2H3,(H3,17,18,19)/t8?,10-,13+/m0/s1. The molecule has 0 spiro atoms. The third-order valence-electron chi connectivity index (χ3n) is 3.24. The van der Waals surface area contributed by atoms with Gasteiger partial charge in [-0.1, -0.05) is 17.7 Å². The van der Waals surface area contributed by atoms with Crippen LogP contribution in [0.5, 0.6) is 0 Å². The van der Waals surface area contributed by atoms with Crippen molar-refractivity contribution in [2.45, 2.75) is 31.3 Å². The Morgan fingerprint density at radius 2 is 2.40 bits per heavy atom. The molecule has 1 aliphatic carbocycles. The first-order valence-electron chi connectivity index (χ1n) is 6.55. The molecule has 1 saturated carbocycles. The van der Waals surface area contributed by atoms with Crippen LogP contribution in [-0.4, -0.2) is 31.8 Å². The van der Waals surface area contributed by atoms with E-state index >= 15 is 0 Å². The first kappa shape index (κ1) is 15.1. The second-order valence-electron chi connectivity index (χ2n) is 5.10. The minimum atomic E-state index is -0.390. The number of benzene rings is 1. The zero-order valence-corrected chi connectivity index (χ0v) is 12.3. The molecule has 4 nitrogen and oxygen atoms in total. The van der Waals surface area contributed by atoms with Gasteiger partial charge in [0.2, 0.25) is 0 Å². The summed E-state index contributed by atoms with van der Waals surface area (Å²) in [5.41, 5.74) is 6.74. The van der Waals surface area contributed by atoms with Crippen molar-refractivity contribution in [2.75, 3.05) is 13.7 Å². The zero-order chi connectivity index (χ0) is 14.7. The Hall–Kier alpha value is -1.33. The lowest BCUT2D eigenvalue weighted by atomic mass is 10.1. The third-order valence-corrected chi connectivity index (χ3v) is 3.55. The summed E-state index contributed by atoms with van der Waals surface area (Å²) in [5.74, 6) is 0.231. The van der Waals surface area contributed by atoms with Crippen molar-refractivity contribution < 1.29 is 9.13 Å². The van der Waals surface area contributed by atoms with E-state index in [0.717, 1.165) is 12.0 Å². The highest BCUT2D eigenvalue weighted by atomic mass is 35.5. The third kappa shape index (κ3) is 3.84. The topological polar surface area (TPSA) is 59.6 Å². The number of methoxy groups -OCH3 is 1. The van der Waals surface area contributed by atoms with Crippen LogP contribution in [0.2, 0.25) is 5.02 Å². The van der Waals surface area contributed by atoms with Gasteiger partial charge in [0.1, 0.15) is 5.82 Å². The Bertz CT molecular complexity index is 509. The van der Waals surface area contributed by atoms with Crippen molar-refractivity contribution in [3.63, 3.8) is 0 Å². The fraction of sp³-hybridized carbons (Fsp3) is 0.500. The Kier molecular flexibility index (Phi) is 4.83. The number of nitrogens with two attached hydrogens (primary N) is 1. The van der Waals surface area contributed by atoms with Crippen molar-refractivity contribution in [1.82, 2.24) is 5.32 Å². The fourth-order valence-corrected chi connectivity index (χ4v) is 2.30. The number of nitrogens with zero attached hydrogens (tertiary/aromatic N) is 1. The van der Waals surface area contributed by atoms with Gasteiger partial charge in [-0.3, -0.25) is 0 Å². The highest BCUT2D eigenvalue weighted by Gasteiger charge is 2.38. The molecular weight excluding hydrogens is 281 g/mol. The van der Waals surface area contributed by atoms with E-state index in [1.165, 1.54) is 6.07 Å². The second kappa shape index (κ2) is 6.41. The summed E-state index contributed by atoms with van der Waals surface area (Å²) in [7, 11) is 1.64. The van der Waals surface area contributed by atoms with Gasteiger partial charge >= 0.3 is 0 Å². The van der Waals surface area contributed by atoms with E-state index in [4.69, 9.17) is 22.1 Å². The van der Waals surface area contributed by atoms with Crippen LogP contribution in [0, 0.1) is 5.82 Å². The molecule has 110 valence electrons.